The fourth-order valence-corrected chi connectivity index (χ4v) is 5.85. The third-order valence-electron chi connectivity index (χ3n) is 8.10. The van der Waals surface area contributed by atoms with Crippen LogP contribution in [0.4, 0.5) is 0 Å². The highest BCUT2D eigenvalue weighted by molar-refractivity contribution is 9.10. The number of aromatic hydroxyl groups is 1. The molecule has 7 rings (SSSR count). The number of hydrogen-bond donors (Lipinski definition) is 2. The number of nitrogens with zero attached hydrogens (tertiary/aromatic N) is 3. The van der Waals surface area contributed by atoms with Gasteiger partial charge in [-0.1, -0.05) is 107 Å². The predicted molar refractivity (Wildman–Crippen MR) is 222 cm³/mol. The minimum atomic E-state index is -0.787. The number of aliphatic carboxylic acids is 1. The van der Waals surface area contributed by atoms with Gasteiger partial charge < -0.3 is 14.9 Å². The monoisotopic (exact) mass is 779 g/mol. The minimum Gasteiger partial charge on any atom is -0.508 e. The molecule has 7 aromatic rings. The second-order valence-corrected chi connectivity index (χ2v) is 13.6. The van der Waals surface area contributed by atoms with Crippen LogP contribution in [0.1, 0.15) is 11.1 Å². The number of carbonyl (C=O) groups is 1. The number of carboxylic acid groups (broad SMARTS) is 1. The van der Waals surface area contributed by atoms with Crippen molar-refractivity contribution in [2.45, 2.75) is 13.8 Å². The summed E-state index contributed by atoms with van der Waals surface area (Å²) in [6.45, 7) is 4.22. The van der Waals surface area contributed by atoms with Gasteiger partial charge >= 0.3 is 5.97 Å². The van der Waals surface area contributed by atoms with Crippen molar-refractivity contribution < 1.29 is 19.7 Å². The number of rotatable bonds is 8. The van der Waals surface area contributed by atoms with Crippen molar-refractivity contribution in [3.63, 3.8) is 0 Å². The molecule has 0 aliphatic heterocycles. The summed E-state index contributed by atoms with van der Waals surface area (Å²) in [5, 5.41) is 17.7. The number of pyridine rings is 2. The van der Waals surface area contributed by atoms with E-state index in [0.29, 0.717) is 0 Å². The molecule has 7 nitrogen and oxygen atoms in total. The van der Waals surface area contributed by atoms with Gasteiger partial charge in [-0.05, 0) is 106 Å². The number of halogens is 1. The molecule has 0 bridgehead atoms. The Bertz CT molecular complexity index is 2300. The average Bonchev–Trinajstić information content (AvgIpc) is 3.17. The number of phenolic OH excluding ortho intramolecular Hbond substituents is 1. The molecule has 2 heterocycles. The molecule has 0 spiro atoms. The number of benzene rings is 5. The molecular formula is C46H42BrN3O4. The van der Waals surface area contributed by atoms with E-state index in [1.807, 2.05) is 134 Å². The van der Waals surface area contributed by atoms with Gasteiger partial charge in [-0.15, -0.1) is 0 Å². The normalized spacial score (nSPS) is 10.4. The van der Waals surface area contributed by atoms with Crippen LogP contribution < -0.4 is 4.74 Å². The van der Waals surface area contributed by atoms with Crippen molar-refractivity contribution in [2.75, 3.05) is 20.6 Å². The molecule has 0 atom stereocenters. The van der Waals surface area contributed by atoms with E-state index in [2.05, 4.69) is 41.1 Å². The van der Waals surface area contributed by atoms with E-state index in [0.717, 1.165) is 72.1 Å². The van der Waals surface area contributed by atoms with Crippen molar-refractivity contribution in [1.29, 1.82) is 0 Å². The highest BCUT2D eigenvalue weighted by Crippen LogP contribution is 2.32. The van der Waals surface area contributed by atoms with Crippen molar-refractivity contribution in [3.8, 4) is 62.3 Å². The van der Waals surface area contributed by atoms with Crippen LogP contribution in [0.15, 0.2) is 162 Å². The minimum absolute atomic E-state index is 0.111. The fraction of sp³-hybridized carbons (Fsp3) is 0.109. The Morgan fingerprint density at radius 1 is 0.593 bits per heavy atom. The van der Waals surface area contributed by atoms with Gasteiger partial charge in [0.25, 0.3) is 0 Å². The Morgan fingerprint density at radius 3 is 1.57 bits per heavy atom. The van der Waals surface area contributed by atoms with E-state index < -0.39 is 5.97 Å². The second kappa shape index (κ2) is 19.1. The van der Waals surface area contributed by atoms with Gasteiger partial charge in [0.05, 0.1) is 29.3 Å². The largest absolute Gasteiger partial charge is 0.508 e. The quantitative estimate of drug-likeness (QED) is 0.158. The summed E-state index contributed by atoms with van der Waals surface area (Å²) in [7, 11) is 3.43. The van der Waals surface area contributed by atoms with Gasteiger partial charge in [-0.25, -0.2) is 9.97 Å². The number of likely N-dealkylation sites (N-methyl/N-ethyl adjacent to an activating group) is 1. The van der Waals surface area contributed by atoms with Crippen molar-refractivity contribution in [2.24, 2.45) is 0 Å². The molecular weight excluding hydrogens is 738 g/mol. The smallest absolute Gasteiger partial charge is 0.317 e. The van der Waals surface area contributed by atoms with Crippen LogP contribution in [-0.2, 0) is 4.79 Å². The van der Waals surface area contributed by atoms with Crippen LogP contribution in [0, 0.1) is 13.8 Å². The predicted octanol–water partition coefficient (Wildman–Crippen LogP) is 11.3. The lowest BCUT2D eigenvalue weighted by atomic mass is 10.0. The van der Waals surface area contributed by atoms with Gasteiger partial charge in [0.1, 0.15) is 17.2 Å². The maximum atomic E-state index is 9.77. The van der Waals surface area contributed by atoms with Crippen molar-refractivity contribution >= 4 is 21.9 Å². The Morgan fingerprint density at radius 2 is 1.07 bits per heavy atom. The maximum Gasteiger partial charge on any atom is 0.317 e. The third-order valence-corrected chi connectivity index (χ3v) is 8.60. The van der Waals surface area contributed by atoms with Gasteiger partial charge in [-0.3, -0.25) is 9.69 Å². The van der Waals surface area contributed by atoms with Gasteiger partial charge in [0, 0.05) is 26.7 Å². The molecule has 0 radical (unpaired) electrons. The molecule has 2 aromatic heterocycles. The van der Waals surface area contributed by atoms with E-state index in [1.54, 1.807) is 31.1 Å². The van der Waals surface area contributed by atoms with Crippen LogP contribution >= 0.6 is 15.9 Å². The summed E-state index contributed by atoms with van der Waals surface area (Å²) in [6.07, 6.45) is 0. The maximum absolute atomic E-state index is 9.77. The molecule has 54 heavy (non-hydrogen) atoms. The molecule has 2 N–H and O–H groups in total. The number of hydrogen-bond acceptors (Lipinski definition) is 6. The second-order valence-electron chi connectivity index (χ2n) is 12.7. The molecule has 5 aromatic carbocycles. The summed E-state index contributed by atoms with van der Waals surface area (Å²) < 4.78 is 7.02. The van der Waals surface area contributed by atoms with E-state index >= 15 is 0 Å². The molecule has 0 aliphatic rings. The first-order valence-electron chi connectivity index (χ1n) is 17.3. The number of phenols is 1. The van der Waals surface area contributed by atoms with Gasteiger partial charge in [-0.2, -0.15) is 0 Å². The van der Waals surface area contributed by atoms with E-state index in [4.69, 9.17) is 19.8 Å². The summed E-state index contributed by atoms with van der Waals surface area (Å²) >= 11 is 3.48. The van der Waals surface area contributed by atoms with E-state index in [1.165, 1.54) is 0 Å². The number of ether oxygens (including phenoxy) is 1. The SMILES string of the molecule is CN(C)CC(=O)O.Cc1ccc(O)cc1-c1cccc(-c2ccccc2)n1.Cc1ccc(Oc2cccc(Br)c2)cc1-c1cccc(-c2ccccc2)n1. The van der Waals surface area contributed by atoms with Crippen molar-refractivity contribution in [3.05, 3.63) is 173 Å². The third kappa shape index (κ3) is 11.5. The number of aromatic nitrogens is 2. The Balaban J connectivity index is 0.000000182. The summed E-state index contributed by atoms with van der Waals surface area (Å²) in [5.41, 5.74) is 10.2. The summed E-state index contributed by atoms with van der Waals surface area (Å²) in [4.78, 5) is 20.9. The standard InChI is InChI=1S/C24H18BrNO.C18H15NO.C4H9NO2/c1-17-13-14-21(27-20-10-5-9-19(25)15-20)16-22(17)24-12-6-11-23(26-24)18-7-3-2-4-8-18;1-13-10-11-15(20)12-16(13)18-9-5-8-17(19-18)14-6-3-2-4-7-14;1-5(2)3-4(6)7/h2-16H,1H3;2-12,20H,1H3;3H2,1-2H3,(H,6,7). The first-order chi connectivity index (χ1) is 26.0. The number of aryl methyl sites for hydroxylation is 2. The zero-order valence-corrected chi connectivity index (χ0v) is 32.2. The van der Waals surface area contributed by atoms with Crippen LogP contribution in [0.3, 0.4) is 0 Å². The first kappa shape index (κ1) is 39.1. The average molecular weight is 781 g/mol. The first-order valence-corrected chi connectivity index (χ1v) is 18.1. The van der Waals surface area contributed by atoms with Crippen LogP contribution in [-0.4, -0.2) is 51.7 Å². The van der Waals surface area contributed by atoms with Crippen LogP contribution in [0.2, 0.25) is 0 Å². The number of carboxylic acids is 1. The van der Waals surface area contributed by atoms with Crippen LogP contribution in [0.5, 0.6) is 17.2 Å². The topological polar surface area (TPSA) is 95.8 Å². The molecule has 272 valence electrons. The van der Waals surface area contributed by atoms with Crippen LogP contribution in [0.25, 0.3) is 45.0 Å². The lowest BCUT2D eigenvalue weighted by Gasteiger charge is -2.11. The molecule has 0 unspecified atom stereocenters. The Kier molecular flexibility index (Phi) is 13.9. The Hall–Kier alpha value is -6.09. The summed E-state index contributed by atoms with van der Waals surface area (Å²) in [6, 6.07) is 51.7. The highest BCUT2D eigenvalue weighted by atomic mass is 79.9. The van der Waals surface area contributed by atoms with Gasteiger partial charge in [0.15, 0.2) is 0 Å². The molecule has 0 aliphatic carbocycles. The lowest BCUT2D eigenvalue weighted by Crippen LogP contribution is -2.20. The molecule has 0 saturated heterocycles. The zero-order chi connectivity index (χ0) is 38.5. The molecule has 0 amide bonds. The summed E-state index contributed by atoms with van der Waals surface area (Å²) in [5.74, 6) is 1.06. The lowest BCUT2D eigenvalue weighted by molar-refractivity contribution is -0.137. The Labute approximate surface area is 325 Å². The molecule has 8 heteroatoms. The van der Waals surface area contributed by atoms with E-state index in [-0.39, 0.29) is 12.3 Å². The van der Waals surface area contributed by atoms with E-state index in [9.17, 15) is 9.90 Å². The van der Waals surface area contributed by atoms with Gasteiger partial charge in [0.2, 0.25) is 0 Å². The zero-order valence-electron chi connectivity index (χ0n) is 30.6. The fourth-order valence-electron chi connectivity index (χ4n) is 5.47. The highest BCUT2D eigenvalue weighted by Gasteiger charge is 2.09. The molecule has 0 saturated carbocycles. The van der Waals surface area contributed by atoms with Crippen molar-refractivity contribution in [1.82, 2.24) is 14.9 Å². The molecule has 0 fully saturated rings.